The Morgan fingerprint density at radius 2 is 2.12 bits per heavy atom. The number of ether oxygens (including phenoxy) is 1. The summed E-state index contributed by atoms with van der Waals surface area (Å²) in [5, 5.41) is 7.26. The van der Waals surface area contributed by atoms with E-state index in [1.54, 1.807) is 0 Å². The zero-order chi connectivity index (χ0) is 12.7. The molecule has 0 fully saturated rings. The van der Waals surface area contributed by atoms with Gasteiger partial charge in [-0.1, -0.05) is 24.6 Å². The molecule has 1 rings (SSSR count). The molecular formula is C13H21ClN2O. The number of hydrogen-bond donors (Lipinski definition) is 2. The van der Waals surface area contributed by atoms with Gasteiger partial charge in [0.1, 0.15) is 5.75 Å². The summed E-state index contributed by atoms with van der Waals surface area (Å²) in [6.45, 7) is 6.52. The van der Waals surface area contributed by atoms with Crippen LogP contribution in [0.4, 0.5) is 0 Å². The number of benzene rings is 1. The molecule has 3 nitrogen and oxygen atoms in total. The molecule has 0 saturated carbocycles. The van der Waals surface area contributed by atoms with Crippen LogP contribution in [0, 0.1) is 0 Å². The van der Waals surface area contributed by atoms with Gasteiger partial charge in [0.05, 0.1) is 11.6 Å². The van der Waals surface area contributed by atoms with Gasteiger partial charge < -0.3 is 15.4 Å². The molecule has 1 aromatic rings. The van der Waals surface area contributed by atoms with Crippen molar-refractivity contribution in [1.29, 1.82) is 0 Å². The van der Waals surface area contributed by atoms with Gasteiger partial charge in [0.15, 0.2) is 0 Å². The number of likely N-dealkylation sites (N-methyl/N-ethyl adjacent to an activating group) is 2. The lowest BCUT2D eigenvalue weighted by Crippen LogP contribution is -2.29. The second-order valence-corrected chi connectivity index (χ2v) is 4.18. The van der Waals surface area contributed by atoms with E-state index < -0.39 is 0 Å². The smallest absolute Gasteiger partial charge is 0.137 e. The van der Waals surface area contributed by atoms with Crippen molar-refractivity contribution in [3.8, 4) is 5.75 Å². The second kappa shape index (κ2) is 7.54. The minimum absolute atomic E-state index is 0.267. The van der Waals surface area contributed by atoms with Gasteiger partial charge in [0.2, 0.25) is 0 Å². The van der Waals surface area contributed by atoms with Crippen LogP contribution in [0.2, 0.25) is 5.02 Å². The molecule has 0 aromatic heterocycles. The highest BCUT2D eigenvalue weighted by Crippen LogP contribution is 2.27. The van der Waals surface area contributed by atoms with Gasteiger partial charge in [-0.25, -0.2) is 0 Å². The van der Waals surface area contributed by atoms with Crippen LogP contribution in [0.1, 0.15) is 25.5 Å². The lowest BCUT2D eigenvalue weighted by atomic mass is 10.1. The Morgan fingerprint density at radius 1 is 1.35 bits per heavy atom. The Balaban J connectivity index is 2.79. The SMILES string of the molecule is CCNCC(NC)c1ccc(OCC)c(Cl)c1. The van der Waals surface area contributed by atoms with E-state index in [9.17, 15) is 0 Å². The highest BCUT2D eigenvalue weighted by Gasteiger charge is 2.10. The van der Waals surface area contributed by atoms with Crippen molar-refractivity contribution in [2.24, 2.45) is 0 Å². The molecule has 1 unspecified atom stereocenters. The Bertz CT molecular complexity index is 344. The molecule has 0 heterocycles. The topological polar surface area (TPSA) is 33.3 Å². The summed E-state index contributed by atoms with van der Waals surface area (Å²) < 4.78 is 5.42. The first-order valence-corrected chi connectivity index (χ1v) is 6.40. The fourth-order valence-corrected chi connectivity index (χ4v) is 1.93. The molecule has 0 radical (unpaired) electrons. The van der Waals surface area contributed by atoms with Crippen molar-refractivity contribution in [3.05, 3.63) is 28.8 Å². The first-order chi connectivity index (χ1) is 8.22. The summed E-state index contributed by atoms with van der Waals surface area (Å²) in [5.41, 5.74) is 1.17. The Hall–Kier alpha value is -0.770. The van der Waals surface area contributed by atoms with Crippen molar-refractivity contribution in [3.63, 3.8) is 0 Å². The molecule has 0 saturated heterocycles. The van der Waals surface area contributed by atoms with E-state index >= 15 is 0 Å². The van der Waals surface area contributed by atoms with Crippen LogP contribution in [0.3, 0.4) is 0 Å². The molecule has 0 aliphatic heterocycles. The molecule has 0 aliphatic rings. The Morgan fingerprint density at radius 3 is 2.65 bits per heavy atom. The Kier molecular flexibility index (Phi) is 6.34. The van der Waals surface area contributed by atoms with Crippen molar-refractivity contribution in [1.82, 2.24) is 10.6 Å². The largest absolute Gasteiger partial charge is 0.492 e. The van der Waals surface area contributed by atoms with Gasteiger partial charge >= 0.3 is 0 Å². The summed E-state index contributed by atoms with van der Waals surface area (Å²) in [6, 6.07) is 6.21. The summed E-state index contributed by atoms with van der Waals surface area (Å²) >= 11 is 6.17. The fourth-order valence-electron chi connectivity index (χ4n) is 1.68. The quantitative estimate of drug-likeness (QED) is 0.787. The minimum atomic E-state index is 0.267. The average molecular weight is 257 g/mol. The van der Waals surface area contributed by atoms with Crippen LogP contribution >= 0.6 is 11.6 Å². The highest BCUT2D eigenvalue weighted by atomic mass is 35.5. The van der Waals surface area contributed by atoms with Gasteiger partial charge in [-0.3, -0.25) is 0 Å². The monoisotopic (exact) mass is 256 g/mol. The third-order valence-electron chi connectivity index (χ3n) is 2.61. The van der Waals surface area contributed by atoms with Crippen molar-refractivity contribution in [2.45, 2.75) is 19.9 Å². The van der Waals surface area contributed by atoms with Crippen LogP contribution in [-0.2, 0) is 0 Å². The zero-order valence-corrected chi connectivity index (χ0v) is 11.5. The predicted octanol–water partition coefficient (Wildman–Crippen LogP) is 2.61. The van der Waals surface area contributed by atoms with Gasteiger partial charge in [-0.05, 0) is 38.2 Å². The van der Waals surface area contributed by atoms with E-state index in [1.165, 1.54) is 5.56 Å². The van der Waals surface area contributed by atoms with E-state index in [2.05, 4.69) is 23.6 Å². The van der Waals surface area contributed by atoms with E-state index in [0.717, 1.165) is 18.8 Å². The van der Waals surface area contributed by atoms with E-state index in [-0.39, 0.29) is 6.04 Å². The third kappa shape index (κ3) is 4.19. The molecule has 2 N–H and O–H groups in total. The van der Waals surface area contributed by atoms with E-state index in [0.29, 0.717) is 11.6 Å². The normalized spacial score (nSPS) is 12.5. The standard InChI is InChI=1S/C13H21ClN2O/c1-4-16-9-12(15-3)10-6-7-13(17-5-2)11(14)8-10/h6-8,12,15-16H,4-5,9H2,1-3H3. The number of halogens is 1. The molecule has 0 spiro atoms. The third-order valence-corrected chi connectivity index (χ3v) is 2.90. The zero-order valence-electron chi connectivity index (χ0n) is 10.7. The maximum atomic E-state index is 6.17. The molecule has 96 valence electrons. The second-order valence-electron chi connectivity index (χ2n) is 3.77. The molecule has 17 heavy (non-hydrogen) atoms. The molecular weight excluding hydrogens is 236 g/mol. The Labute approximate surface area is 109 Å². The van der Waals surface area contributed by atoms with Crippen molar-refractivity contribution >= 4 is 11.6 Å². The first-order valence-electron chi connectivity index (χ1n) is 6.03. The lowest BCUT2D eigenvalue weighted by Gasteiger charge is -2.18. The average Bonchev–Trinajstić information content (AvgIpc) is 2.33. The van der Waals surface area contributed by atoms with Gasteiger partial charge in [0, 0.05) is 12.6 Å². The first kappa shape index (κ1) is 14.3. The van der Waals surface area contributed by atoms with Gasteiger partial charge in [-0.2, -0.15) is 0 Å². The molecule has 0 amide bonds. The van der Waals surface area contributed by atoms with Crippen molar-refractivity contribution < 1.29 is 4.74 Å². The molecule has 0 bridgehead atoms. The number of hydrogen-bond acceptors (Lipinski definition) is 3. The van der Waals surface area contributed by atoms with Crippen molar-refractivity contribution in [2.75, 3.05) is 26.7 Å². The van der Waals surface area contributed by atoms with E-state index in [1.807, 2.05) is 26.1 Å². The molecule has 1 atom stereocenters. The summed E-state index contributed by atoms with van der Waals surface area (Å²) in [6.07, 6.45) is 0. The maximum absolute atomic E-state index is 6.17. The fraction of sp³-hybridized carbons (Fsp3) is 0.538. The van der Waals surface area contributed by atoms with E-state index in [4.69, 9.17) is 16.3 Å². The number of rotatable bonds is 7. The van der Waals surface area contributed by atoms with Gasteiger partial charge in [0.25, 0.3) is 0 Å². The molecule has 1 aromatic carbocycles. The summed E-state index contributed by atoms with van der Waals surface area (Å²) in [5.74, 6) is 0.747. The minimum Gasteiger partial charge on any atom is -0.492 e. The maximum Gasteiger partial charge on any atom is 0.137 e. The highest BCUT2D eigenvalue weighted by molar-refractivity contribution is 6.32. The summed E-state index contributed by atoms with van der Waals surface area (Å²) in [4.78, 5) is 0. The predicted molar refractivity (Wildman–Crippen MR) is 73.0 cm³/mol. The number of nitrogens with one attached hydrogen (secondary N) is 2. The van der Waals surface area contributed by atoms with Crippen LogP contribution in [0.5, 0.6) is 5.75 Å². The van der Waals surface area contributed by atoms with Crippen LogP contribution < -0.4 is 15.4 Å². The molecule has 0 aliphatic carbocycles. The lowest BCUT2D eigenvalue weighted by molar-refractivity contribution is 0.340. The van der Waals surface area contributed by atoms with Gasteiger partial charge in [-0.15, -0.1) is 0 Å². The van der Waals surface area contributed by atoms with Crippen LogP contribution in [0.15, 0.2) is 18.2 Å². The van der Waals surface area contributed by atoms with Crippen LogP contribution in [0.25, 0.3) is 0 Å². The van der Waals surface area contributed by atoms with Crippen LogP contribution in [-0.4, -0.2) is 26.7 Å². The summed E-state index contributed by atoms with van der Waals surface area (Å²) in [7, 11) is 1.95. The molecule has 4 heteroatoms.